The van der Waals surface area contributed by atoms with E-state index in [0.717, 1.165) is 36.3 Å². The molecule has 178 valence electrons. The fourth-order valence-electron chi connectivity index (χ4n) is 5.27. The van der Waals surface area contributed by atoms with Crippen molar-refractivity contribution in [3.63, 3.8) is 0 Å². The highest BCUT2D eigenvalue weighted by Gasteiger charge is 2.33. The first-order valence-electron chi connectivity index (χ1n) is 12.4. The first-order chi connectivity index (χ1) is 16.1. The van der Waals surface area contributed by atoms with Gasteiger partial charge in [0.05, 0.1) is 20.3 Å². The van der Waals surface area contributed by atoms with Crippen LogP contribution >= 0.6 is 0 Å². The van der Waals surface area contributed by atoms with Crippen LogP contribution in [-0.2, 0) is 17.6 Å². The number of aryl methyl sites for hydroxylation is 1. The fraction of sp³-hybridized carbons (Fsp3) is 0.536. The van der Waals surface area contributed by atoms with Crippen LogP contribution in [0.1, 0.15) is 68.2 Å². The second kappa shape index (κ2) is 11.0. The van der Waals surface area contributed by atoms with Crippen molar-refractivity contribution in [2.75, 3.05) is 27.4 Å². The van der Waals surface area contributed by atoms with E-state index in [1.165, 1.54) is 36.8 Å². The zero-order valence-electron chi connectivity index (χ0n) is 20.3. The lowest BCUT2D eigenvalue weighted by Crippen LogP contribution is -2.42. The minimum Gasteiger partial charge on any atom is -0.493 e. The number of amides is 1. The molecule has 1 aliphatic heterocycles. The van der Waals surface area contributed by atoms with Gasteiger partial charge in [-0.2, -0.15) is 0 Å². The molecule has 1 atom stereocenters. The molecule has 33 heavy (non-hydrogen) atoms. The smallest absolute Gasteiger partial charge is 0.223 e. The van der Waals surface area contributed by atoms with E-state index in [2.05, 4.69) is 25.1 Å². The number of hydrogen-bond donors (Lipinski definition) is 0. The Bertz CT molecular complexity index is 934. The van der Waals surface area contributed by atoms with E-state index < -0.39 is 0 Å². The number of fused-ring (bicyclic) bond motifs is 1. The fourth-order valence-corrected chi connectivity index (χ4v) is 5.27. The molecule has 2 aliphatic rings. The maximum atomic E-state index is 13.4. The van der Waals surface area contributed by atoms with E-state index in [1.807, 2.05) is 23.1 Å². The van der Waals surface area contributed by atoms with Crippen molar-refractivity contribution < 1.29 is 19.0 Å². The van der Waals surface area contributed by atoms with Crippen LogP contribution in [0.2, 0.25) is 0 Å². The standard InChI is InChI=1S/C28H37NO4/c1-4-20-9-12-23(13-10-20)33-19-25-24-18-27(32-3)26(31-2)17-22(24)15-16-29(25)28(30)14-11-21-7-5-6-8-21/h9-10,12-13,17-18,21,25H,4-8,11,14-16,19H2,1-3H3. The molecule has 5 nitrogen and oxygen atoms in total. The van der Waals surface area contributed by atoms with Crippen molar-refractivity contribution >= 4 is 5.91 Å². The lowest BCUT2D eigenvalue weighted by molar-refractivity contribution is -0.135. The number of carbonyl (C=O) groups is 1. The summed E-state index contributed by atoms with van der Waals surface area (Å²) in [5, 5.41) is 0. The Kier molecular flexibility index (Phi) is 7.79. The molecule has 2 aromatic carbocycles. The lowest BCUT2D eigenvalue weighted by Gasteiger charge is -2.38. The maximum absolute atomic E-state index is 13.4. The van der Waals surface area contributed by atoms with Crippen molar-refractivity contribution in [2.24, 2.45) is 5.92 Å². The van der Waals surface area contributed by atoms with Gasteiger partial charge in [0, 0.05) is 13.0 Å². The third kappa shape index (κ3) is 5.45. The first-order valence-corrected chi connectivity index (χ1v) is 12.4. The highest BCUT2D eigenvalue weighted by molar-refractivity contribution is 5.77. The average molecular weight is 452 g/mol. The summed E-state index contributed by atoms with van der Waals surface area (Å²) in [5.74, 6) is 3.19. The zero-order chi connectivity index (χ0) is 23.2. The second-order valence-electron chi connectivity index (χ2n) is 9.26. The normalized spacial score (nSPS) is 18.2. The summed E-state index contributed by atoms with van der Waals surface area (Å²) >= 11 is 0. The molecule has 0 saturated heterocycles. The van der Waals surface area contributed by atoms with Crippen LogP contribution in [0.3, 0.4) is 0 Å². The molecule has 0 bridgehead atoms. The Morgan fingerprint density at radius 1 is 1.03 bits per heavy atom. The molecule has 1 amide bonds. The van der Waals surface area contributed by atoms with Crippen molar-refractivity contribution in [2.45, 2.75) is 64.3 Å². The van der Waals surface area contributed by atoms with E-state index >= 15 is 0 Å². The van der Waals surface area contributed by atoms with Crippen LogP contribution in [0, 0.1) is 5.92 Å². The van der Waals surface area contributed by atoms with Crippen molar-refractivity contribution in [1.29, 1.82) is 0 Å². The summed E-state index contributed by atoms with van der Waals surface area (Å²) in [6, 6.07) is 12.2. The molecule has 1 unspecified atom stereocenters. The second-order valence-corrected chi connectivity index (χ2v) is 9.26. The van der Waals surface area contributed by atoms with Crippen LogP contribution < -0.4 is 14.2 Å². The van der Waals surface area contributed by atoms with Gasteiger partial charge in [-0.25, -0.2) is 0 Å². The summed E-state index contributed by atoms with van der Waals surface area (Å²) in [5.41, 5.74) is 3.58. The summed E-state index contributed by atoms with van der Waals surface area (Å²) in [6.45, 7) is 3.27. The molecule has 1 saturated carbocycles. The van der Waals surface area contributed by atoms with Crippen LogP contribution in [0.15, 0.2) is 36.4 Å². The number of ether oxygens (including phenoxy) is 3. The summed E-state index contributed by atoms with van der Waals surface area (Å²) in [4.78, 5) is 15.4. The Hall–Kier alpha value is -2.69. The molecular formula is C28H37NO4. The Labute approximate surface area is 198 Å². The van der Waals surface area contributed by atoms with E-state index in [1.54, 1.807) is 14.2 Å². The van der Waals surface area contributed by atoms with Gasteiger partial charge < -0.3 is 19.1 Å². The van der Waals surface area contributed by atoms with Crippen molar-refractivity contribution in [3.8, 4) is 17.2 Å². The number of nitrogens with zero attached hydrogens (tertiary/aromatic N) is 1. The van der Waals surface area contributed by atoms with Gasteiger partial charge in [0.2, 0.25) is 5.91 Å². The summed E-state index contributed by atoms with van der Waals surface area (Å²) in [6.07, 6.45) is 8.60. The van der Waals surface area contributed by atoms with Gasteiger partial charge in [0.1, 0.15) is 12.4 Å². The number of benzene rings is 2. The largest absolute Gasteiger partial charge is 0.493 e. The Balaban J connectivity index is 1.56. The lowest BCUT2D eigenvalue weighted by atomic mass is 9.91. The molecule has 5 heteroatoms. The molecular weight excluding hydrogens is 414 g/mol. The molecule has 1 aliphatic carbocycles. The summed E-state index contributed by atoms with van der Waals surface area (Å²) in [7, 11) is 3.31. The van der Waals surface area contributed by atoms with E-state index in [-0.39, 0.29) is 11.9 Å². The van der Waals surface area contributed by atoms with Crippen LogP contribution in [-0.4, -0.2) is 38.2 Å². The molecule has 0 spiro atoms. The van der Waals surface area contributed by atoms with Gasteiger partial charge in [-0.05, 0) is 66.1 Å². The molecule has 0 aromatic heterocycles. The minimum atomic E-state index is -0.143. The number of methoxy groups -OCH3 is 2. The Morgan fingerprint density at radius 3 is 2.39 bits per heavy atom. The van der Waals surface area contributed by atoms with Gasteiger partial charge >= 0.3 is 0 Å². The van der Waals surface area contributed by atoms with Crippen molar-refractivity contribution in [3.05, 3.63) is 53.1 Å². The third-order valence-electron chi connectivity index (χ3n) is 7.30. The van der Waals surface area contributed by atoms with Gasteiger partial charge in [0.25, 0.3) is 0 Å². The highest BCUT2D eigenvalue weighted by atomic mass is 16.5. The summed E-state index contributed by atoms with van der Waals surface area (Å²) < 4.78 is 17.3. The zero-order valence-corrected chi connectivity index (χ0v) is 20.3. The quantitative estimate of drug-likeness (QED) is 0.488. The third-order valence-corrected chi connectivity index (χ3v) is 7.30. The molecule has 4 rings (SSSR count). The van der Waals surface area contributed by atoms with Crippen molar-refractivity contribution in [1.82, 2.24) is 4.90 Å². The van der Waals surface area contributed by atoms with Gasteiger partial charge in [-0.15, -0.1) is 0 Å². The van der Waals surface area contributed by atoms with E-state index in [4.69, 9.17) is 14.2 Å². The topological polar surface area (TPSA) is 48.0 Å². The maximum Gasteiger partial charge on any atom is 0.223 e. The van der Waals surface area contributed by atoms with E-state index in [9.17, 15) is 4.79 Å². The van der Waals surface area contributed by atoms with Crippen LogP contribution in [0.4, 0.5) is 0 Å². The number of carbonyl (C=O) groups excluding carboxylic acids is 1. The van der Waals surface area contributed by atoms with Crippen LogP contribution in [0.5, 0.6) is 17.2 Å². The predicted molar refractivity (Wildman–Crippen MR) is 130 cm³/mol. The van der Waals surface area contributed by atoms with Crippen LogP contribution in [0.25, 0.3) is 0 Å². The molecule has 0 N–H and O–H groups in total. The molecule has 2 aromatic rings. The number of rotatable bonds is 9. The average Bonchev–Trinajstić information content (AvgIpc) is 3.38. The monoisotopic (exact) mass is 451 g/mol. The first kappa shape index (κ1) is 23.5. The van der Waals surface area contributed by atoms with Gasteiger partial charge in [-0.3, -0.25) is 4.79 Å². The molecule has 0 radical (unpaired) electrons. The predicted octanol–water partition coefficient (Wildman–Crippen LogP) is 5.74. The Morgan fingerprint density at radius 2 is 1.73 bits per heavy atom. The molecule has 1 heterocycles. The number of hydrogen-bond acceptors (Lipinski definition) is 4. The molecule has 1 fully saturated rings. The van der Waals surface area contributed by atoms with Gasteiger partial charge in [0.15, 0.2) is 11.5 Å². The van der Waals surface area contributed by atoms with Gasteiger partial charge in [-0.1, -0.05) is 44.7 Å². The highest BCUT2D eigenvalue weighted by Crippen LogP contribution is 2.39. The SMILES string of the molecule is CCc1ccc(OCC2c3cc(OC)c(OC)cc3CCN2C(=O)CCC2CCCC2)cc1. The van der Waals surface area contributed by atoms with E-state index in [0.29, 0.717) is 31.2 Å². The minimum absolute atomic E-state index is 0.143.